The highest BCUT2D eigenvalue weighted by molar-refractivity contribution is 4.93. The van der Waals surface area contributed by atoms with Crippen LogP contribution in [0, 0.1) is 17.3 Å². The van der Waals surface area contributed by atoms with Gasteiger partial charge in [-0.05, 0) is 49.5 Å². The van der Waals surface area contributed by atoms with Crippen molar-refractivity contribution in [3.8, 4) is 0 Å². The molecular formula is C13H25N. The third kappa shape index (κ3) is 1.84. The first-order chi connectivity index (χ1) is 6.77. The fraction of sp³-hybridized carbons (Fsp3) is 1.00. The molecule has 2 atom stereocenters. The Bertz CT molecular complexity index is 184. The molecule has 2 aliphatic carbocycles. The molecule has 82 valence electrons. The molecule has 0 saturated heterocycles. The summed E-state index contributed by atoms with van der Waals surface area (Å²) in [6.45, 7) is 3.36. The van der Waals surface area contributed by atoms with E-state index in [4.69, 9.17) is 5.73 Å². The molecule has 1 nitrogen and oxygen atoms in total. The summed E-state index contributed by atoms with van der Waals surface area (Å²) in [6.07, 6.45) is 11.5. The van der Waals surface area contributed by atoms with Gasteiger partial charge in [-0.2, -0.15) is 0 Å². The van der Waals surface area contributed by atoms with E-state index in [2.05, 4.69) is 6.92 Å². The maximum atomic E-state index is 6.08. The number of hydrogen-bond acceptors (Lipinski definition) is 1. The minimum absolute atomic E-state index is 0.550. The molecule has 0 bridgehead atoms. The number of rotatable bonds is 2. The molecule has 14 heavy (non-hydrogen) atoms. The van der Waals surface area contributed by atoms with E-state index >= 15 is 0 Å². The van der Waals surface area contributed by atoms with Crippen molar-refractivity contribution in [3.63, 3.8) is 0 Å². The molecule has 0 aromatic heterocycles. The predicted octanol–water partition coefficient (Wildman–Crippen LogP) is 3.33. The standard InChI is InChI=1S/C13H25N/c1-11-5-4-8-13(9-11,10-14)12-6-2-3-7-12/h11-12H,2-10,14H2,1H3. The highest BCUT2D eigenvalue weighted by Gasteiger charge is 2.41. The highest BCUT2D eigenvalue weighted by Crippen LogP contribution is 2.49. The van der Waals surface area contributed by atoms with E-state index in [1.807, 2.05) is 0 Å². The molecule has 2 N–H and O–H groups in total. The summed E-state index contributed by atoms with van der Waals surface area (Å²) < 4.78 is 0. The Labute approximate surface area is 88.4 Å². The van der Waals surface area contributed by atoms with Crippen molar-refractivity contribution in [3.05, 3.63) is 0 Å². The van der Waals surface area contributed by atoms with Gasteiger partial charge in [0, 0.05) is 0 Å². The van der Waals surface area contributed by atoms with Crippen molar-refractivity contribution in [2.24, 2.45) is 23.0 Å². The van der Waals surface area contributed by atoms with Crippen molar-refractivity contribution < 1.29 is 0 Å². The van der Waals surface area contributed by atoms with Crippen LogP contribution in [0.1, 0.15) is 58.3 Å². The SMILES string of the molecule is CC1CCCC(CN)(C2CCCC2)C1. The van der Waals surface area contributed by atoms with Gasteiger partial charge in [-0.25, -0.2) is 0 Å². The summed E-state index contributed by atoms with van der Waals surface area (Å²) in [7, 11) is 0. The quantitative estimate of drug-likeness (QED) is 0.718. The van der Waals surface area contributed by atoms with Crippen LogP contribution in [-0.4, -0.2) is 6.54 Å². The van der Waals surface area contributed by atoms with E-state index in [1.54, 1.807) is 0 Å². The molecule has 0 aromatic carbocycles. The molecule has 0 radical (unpaired) electrons. The smallest absolute Gasteiger partial charge is 0.00178 e. The van der Waals surface area contributed by atoms with Crippen molar-refractivity contribution in [2.45, 2.75) is 58.3 Å². The molecule has 0 spiro atoms. The number of nitrogens with two attached hydrogens (primary N) is 1. The van der Waals surface area contributed by atoms with Crippen LogP contribution >= 0.6 is 0 Å². The zero-order valence-electron chi connectivity index (χ0n) is 9.60. The predicted molar refractivity (Wildman–Crippen MR) is 61.1 cm³/mol. The molecule has 2 fully saturated rings. The molecule has 0 aromatic rings. The first kappa shape index (κ1) is 10.5. The van der Waals surface area contributed by atoms with E-state index in [-0.39, 0.29) is 0 Å². The second-order valence-corrected chi connectivity index (χ2v) is 5.75. The largest absolute Gasteiger partial charge is 0.330 e. The summed E-state index contributed by atoms with van der Waals surface area (Å²) in [6, 6.07) is 0. The van der Waals surface area contributed by atoms with Crippen LogP contribution in [0.3, 0.4) is 0 Å². The van der Waals surface area contributed by atoms with Crippen molar-refractivity contribution in [2.75, 3.05) is 6.54 Å². The second kappa shape index (κ2) is 4.22. The first-order valence-corrected chi connectivity index (χ1v) is 6.47. The average Bonchev–Trinajstić information content (AvgIpc) is 2.71. The second-order valence-electron chi connectivity index (χ2n) is 5.75. The Kier molecular flexibility index (Phi) is 3.16. The third-order valence-corrected chi connectivity index (χ3v) is 4.75. The Hall–Kier alpha value is -0.0400. The van der Waals surface area contributed by atoms with Crippen LogP contribution in [0.4, 0.5) is 0 Å². The molecule has 2 rings (SSSR count). The highest BCUT2D eigenvalue weighted by atomic mass is 14.6. The Morgan fingerprint density at radius 1 is 1.14 bits per heavy atom. The molecular weight excluding hydrogens is 170 g/mol. The molecule has 2 aliphatic rings. The van der Waals surface area contributed by atoms with Gasteiger partial charge in [-0.3, -0.25) is 0 Å². The maximum absolute atomic E-state index is 6.08. The molecule has 0 heterocycles. The van der Waals surface area contributed by atoms with E-state index in [0.29, 0.717) is 5.41 Å². The van der Waals surface area contributed by atoms with E-state index in [1.165, 1.54) is 51.4 Å². The van der Waals surface area contributed by atoms with Gasteiger partial charge in [0.25, 0.3) is 0 Å². The van der Waals surface area contributed by atoms with Gasteiger partial charge in [0.2, 0.25) is 0 Å². The lowest BCUT2D eigenvalue weighted by molar-refractivity contribution is 0.0799. The van der Waals surface area contributed by atoms with Gasteiger partial charge in [0.05, 0.1) is 0 Å². The van der Waals surface area contributed by atoms with Gasteiger partial charge in [-0.15, -0.1) is 0 Å². The zero-order chi connectivity index (χ0) is 10.0. The van der Waals surface area contributed by atoms with Gasteiger partial charge < -0.3 is 5.73 Å². The molecule has 0 aliphatic heterocycles. The van der Waals surface area contributed by atoms with Crippen molar-refractivity contribution in [1.82, 2.24) is 0 Å². The van der Waals surface area contributed by atoms with Crippen molar-refractivity contribution in [1.29, 1.82) is 0 Å². The lowest BCUT2D eigenvalue weighted by Crippen LogP contribution is -2.40. The fourth-order valence-corrected chi connectivity index (χ4v) is 3.96. The Morgan fingerprint density at radius 2 is 1.86 bits per heavy atom. The zero-order valence-corrected chi connectivity index (χ0v) is 9.60. The third-order valence-electron chi connectivity index (χ3n) is 4.75. The van der Waals surface area contributed by atoms with Crippen molar-refractivity contribution >= 4 is 0 Å². The summed E-state index contributed by atoms with van der Waals surface area (Å²) in [5, 5.41) is 0. The Balaban J connectivity index is 2.06. The molecule has 2 saturated carbocycles. The fourth-order valence-electron chi connectivity index (χ4n) is 3.96. The van der Waals surface area contributed by atoms with Crippen LogP contribution in [0.25, 0.3) is 0 Å². The van der Waals surface area contributed by atoms with Gasteiger partial charge in [0.1, 0.15) is 0 Å². The average molecular weight is 195 g/mol. The van der Waals surface area contributed by atoms with E-state index in [9.17, 15) is 0 Å². The lowest BCUT2D eigenvalue weighted by atomic mass is 9.62. The monoisotopic (exact) mass is 195 g/mol. The molecule has 0 amide bonds. The van der Waals surface area contributed by atoms with Crippen LogP contribution in [0.15, 0.2) is 0 Å². The van der Waals surface area contributed by atoms with E-state index in [0.717, 1.165) is 18.4 Å². The summed E-state index contributed by atoms with van der Waals surface area (Å²) in [5.74, 6) is 1.89. The van der Waals surface area contributed by atoms with Crippen LogP contribution in [0.2, 0.25) is 0 Å². The lowest BCUT2D eigenvalue weighted by Gasteiger charge is -2.44. The summed E-state index contributed by atoms with van der Waals surface area (Å²) in [4.78, 5) is 0. The number of hydrogen-bond donors (Lipinski definition) is 1. The van der Waals surface area contributed by atoms with Gasteiger partial charge in [0.15, 0.2) is 0 Å². The molecule has 1 heteroatoms. The normalized spacial score (nSPS) is 40.3. The van der Waals surface area contributed by atoms with Gasteiger partial charge in [-0.1, -0.05) is 32.6 Å². The molecule has 2 unspecified atom stereocenters. The van der Waals surface area contributed by atoms with Crippen LogP contribution < -0.4 is 5.73 Å². The van der Waals surface area contributed by atoms with Crippen LogP contribution in [-0.2, 0) is 0 Å². The summed E-state index contributed by atoms with van der Waals surface area (Å²) in [5.41, 5.74) is 6.63. The van der Waals surface area contributed by atoms with Crippen LogP contribution in [0.5, 0.6) is 0 Å². The van der Waals surface area contributed by atoms with E-state index < -0.39 is 0 Å². The topological polar surface area (TPSA) is 26.0 Å². The minimum atomic E-state index is 0.550. The maximum Gasteiger partial charge on any atom is -0.00178 e. The first-order valence-electron chi connectivity index (χ1n) is 6.47. The minimum Gasteiger partial charge on any atom is -0.330 e. The summed E-state index contributed by atoms with van der Waals surface area (Å²) >= 11 is 0. The van der Waals surface area contributed by atoms with Gasteiger partial charge >= 0.3 is 0 Å². The Morgan fingerprint density at radius 3 is 2.43 bits per heavy atom.